The van der Waals surface area contributed by atoms with Gasteiger partial charge in [0, 0.05) is 12.1 Å². The van der Waals surface area contributed by atoms with Crippen LogP contribution in [0.4, 0.5) is 17.1 Å². The molecule has 0 aromatic heterocycles. The Kier molecular flexibility index (Phi) is 3.85. The molecule has 0 amide bonds. The van der Waals surface area contributed by atoms with E-state index in [4.69, 9.17) is 11.6 Å². The van der Waals surface area contributed by atoms with E-state index in [0.29, 0.717) is 16.6 Å². The van der Waals surface area contributed by atoms with Crippen LogP contribution in [-0.2, 0) is 16.6 Å². The van der Waals surface area contributed by atoms with Crippen molar-refractivity contribution >= 4 is 38.7 Å². The second-order valence-electron chi connectivity index (χ2n) is 6.77. The van der Waals surface area contributed by atoms with Gasteiger partial charge in [-0.15, -0.1) is 0 Å². The van der Waals surface area contributed by atoms with Crippen molar-refractivity contribution in [3.63, 3.8) is 0 Å². The maximum atomic E-state index is 11.7. The number of rotatable bonds is 4. The molecule has 5 nitrogen and oxygen atoms in total. The molecular weight excluding hydrogens is 358 g/mol. The molecule has 0 unspecified atom stereocenters. The van der Waals surface area contributed by atoms with Gasteiger partial charge in [0.05, 0.1) is 29.9 Å². The first kappa shape index (κ1) is 16.5. The summed E-state index contributed by atoms with van der Waals surface area (Å²) in [6, 6.07) is 11.8. The van der Waals surface area contributed by atoms with E-state index in [-0.39, 0.29) is 0 Å². The van der Waals surface area contributed by atoms with Crippen LogP contribution in [0.2, 0.25) is 5.02 Å². The van der Waals surface area contributed by atoms with Gasteiger partial charge in [-0.05, 0) is 66.3 Å². The standard InChI is InChI=1S/C18H20ClN3O2S/c1-21-18-10-17(20-25(2,23)24)16(12-3-4-12)9-13(18)11-22(21)15-7-5-14(19)6-8-15/h5-10,12,20H,3-4,11H2,1-2H3. The highest BCUT2D eigenvalue weighted by molar-refractivity contribution is 7.92. The third-order valence-electron chi connectivity index (χ3n) is 4.72. The number of hydrogen-bond donors (Lipinski definition) is 1. The van der Waals surface area contributed by atoms with Gasteiger partial charge in [0.25, 0.3) is 0 Å². The van der Waals surface area contributed by atoms with Crippen LogP contribution < -0.4 is 14.7 Å². The molecule has 2 aromatic rings. The summed E-state index contributed by atoms with van der Waals surface area (Å²) < 4.78 is 26.2. The number of nitrogens with one attached hydrogen (secondary N) is 1. The number of benzene rings is 2. The Morgan fingerprint density at radius 3 is 2.44 bits per heavy atom. The quantitative estimate of drug-likeness (QED) is 0.876. The highest BCUT2D eigenvalue weighted by Gasteiger charge is 2.32. The zero-order valence-electron chi connectivity index (χ0n) is 14.2. The van der Waals surface area contributed by atoms with Gasteiger partial charge in [0.15, 0.2) is 0 Å². The molecule has 1 fully saturated rings. The Hall–Kier alpha value is -1.92. The molecule has 0 atom stereocenters. The molecule has 0 bridgehead atoms. The summed E-state index contributed by atoms with van der Waals surface area (Å²) >= 11 is 5.99. The topological polar surface area (TPSA) is 52.7 Å². The van der Waals surface area contributed by atoms with E-state index in [0.717, 1.165) is 36.3 Å². The Morgan fingerprint density at radius 2 is 1.84 bits per heavy atom. The zero-order chi connectivity index (χ0) is 17.8. The molecule has 2 aromatic carbocycles. The minimum Gasteiger partial charge on any atom is -0.288 e. The molecule has 0 spiro atoms. The molecule has 4 rings (SSSR count). The van der Waals surface area contributed by atoms with Crippen molar-refractivity contribution < 1.29 is 8.42 Å². The summed E-state index contributed by atoms with van der Waals surface area (Å²) in [7, 11) is -1.32. The maximum Gasteiger partial charge on any atom is 0.229 e. The van der Waals surface area contributed by atoms with Crippen molar-refractivity contribution in [2.75, 3.05) is 28.0 Å². The number of fused-ring (bicyclic) bond motifs is 1. The van der Waals surface area contributed by atoms with Crippen molar-refractivity contribution in [1.82, 2.24) is 0 Å². The van der Waals surface area contributed by atoms with Gasteiger partial charge >= 0.3 is 0 Å². The molecule has 0 saturated heterocycles. The van der Waals surface area contributed by atoms with E-state index in [1.54, 1.807) is 0 Å². The minimum atomic E-state index is -3.31. The normalized spacial score (nSPS) is 16.9. The van der Waals surface area contributed by atoms with Crippen molar-refractivity contribution in [2.24, 2.45) is 0 Å². The molecule has 1 aliphatic heterocycles. The fraction of sp³-hybridized carbons (Fsp3) is 0.333. The number of hydrogen-bond acceptors (Lipinski definition) is 4. The average molecular weight is 378 g/mol. The van der Waals surface area contributed by atoms with Crippen molar-refractivity contribution in [1.29, 1.82) is 0 Å². The van der Waals surface area contributed by atoms with E-state index < -0.39 is 10.0 Å². The highest BCUT2D eigenvalue weighted by atomic mass is 35.5. The van der Waals surface area contributed by atoms with Crippen LogP contribution in [0.15, 0.2) is 36.4 Å². The fourth-order valence-corrected chi connectivity index (χ4v) is 4.08. The zero-order valence-corrected chi connectivity index (χ0v) is 15.7. The summed E-state index contributed by atoms with van der Waals surface area (Å²) in [5.74, 6) is 0.462. The van der Waals surface area contributed by atoms with Crippen LogP contribution in [0, 0.1) is 0 Å². The number of nitrogens with zero attached hydrogens (tertiary/aromatic N) is 2. The first-order valence-electron chi connectivity index (χ1n) is 8.23. The van der Waals surface area contributed by atoms with Crippen LogP contribution in [0.3, 0.4) is 0 Å². The fourth-order valence-electron chi connectivity index (χ4n) is 3.38. The Bertz CT molecular complexity index is 924. The molecular formula is C18H20ClN3O2S. The van der Waals surface area contributed by atoms with E-state index in [1.807, 2.05) is 37.4 Å². The van der Waals surface area contributed by atoms with E-state index in [1.165, 1.54) is 11.8 Å². The van der Waals surface area contributed by atoms with Crippen molar-refractivity contribution in [3.05, 3.63) is 52.5 Å². The van der Waals surface area contributed by atoms with Gasteiger partial charge < -0.3 is 0 Å². The third kappa shape index (κ3) is 3.28. The minimum absolute atomic E-state index is 0.462. The van der Waals surface area contributed by atoms with E-state index in [2.05, 4.69) is 20.8 Å². The van der Waals surface area contributed by atoms with Crippen LogP contribution in [-0.4, -0.2) is 21.7 Å². The molecule has 132 valence electrons. The molecule has 1 heterocycles. The van der Waals surface area contributed by atoms with Crippen LogP contribution in [0.1, 0.15) is 29.9 Å². The molecule has 1 aliphatic carbocycles. The first-order valence-corrected chi connectivity index (χ1v) is 10.5. The number of hydrazine groups is 1. The summed E-state index contributed by atoms with van der Waals surface area (Å²) in [6.45, 7) is 0.756. The smallest absolute Gasteiger partial charge is 0.229 e. The lowest BCUT2D eigenvalue weighted by atomic mass is 10.0. The lowest BCUT2D eigenvalue weighted by Crippen LogP contribution is -2.33. The van der Waals surface area contributed by atoms with Gasteiger partial charge in [-0.3, -0.25) is 14.7 Å². The van der Waals surface area contributed by atoms with Gasteiger partial charge in [-0.25, -0.2) is 8.42 Å². The molecule has 7 heteroatoms. The SMILES string of the molecule is CN1c2cc(NS(C)(=O)=O)c(C3CC3)cc2CN1c1ccc(Cl)cc1. The van der Waals surface area contributed by atoms with Gasteiger partial charge in [0.2, 0.25) is 10.0 Å². The predicted molar refractivity (Wildman–Crippen MR) is 103 cm³/mol. The second kappa shape index (κ2) is 5.81. The summed E-state index contributed by atoms with van der Waals surface area (Å²) in [6.07, 6.45) is 3.43. The van der Waals surface area contributed by atoms with Gasteiger partial charge in [-0.2, -0.15) is 0 Å². The maximum absolute atomic E-state index is 11.7. The molecule has 2 aliphatic rings. The highest BCUT2D eigenvalue weighted by Crippen LogP contribution is 2.47. The number of anilines is 3. The lowest BCUT2D eigenvalue weighted by Gasteiger charge is -2.28. The third-order valence-corrected chi connectivity index (χ3v) is 5.56. The van der Waals surface area contributed by atoms with Gasteiger partial charge in [-0.1, -0.05) is 11.6 Å². The molecule has 1 N–H and O–H groups in total. The predicted octanol–water partition coefficient (Wildman–Crippen LogP) is 3.96. The molecule has 0 radical (unpaired) electrons. The molecule has 25 heavy (non-hydrogen) atoms. The van der Waals surface area contributed by atoms with Crippen LogP contribution in [0.25, 0.3) is 0 Å². The number of halogens is 1. The molecule has 1 saturated carbocycles. The van der Waals surface area contributed by atoms with Gasteiger partial charge in [0.1, 0.15) is 0 Å². The van der Waals surface area contributed by atoms with Crippen LogP contribution in [0.5, 0.6) is 0 Å². The summed E-state index contributed by atoms with van der Waals surface area (Å²) in [5.41, 5.74) is 5.08. The summed E-state index contributed by atoms with van der Waals surface area (Å²) in [5, 5.41) is 4.92. The average Bonchev–Trinajstić information content (AvgIpc) is 3.32. The van der Waals surface area contributed by atoms with E-state index in [9.17, 15) is 8.42 Å². The van der Waals surface area contributed by atoms with Crippen molar-refractivity contribution in [2.45, 2.75) is 25.3 Å². The summed E-state index contributed by atoms with van der Waals surface area (Å²) in [4.78, 5) is 0. The largest absolute Gasteiger partial charge is 0.288 e. The van der Waals surface area contributed by atoms with E-state index >= 15 is 0 Å². The Balaban J connectivity index is 1.73. The van der Waals surface area contributed by atoms with Crippen LogP contribution >= 0.6 is 11.6 Å². The Morgan fingerprint density at radius 1 is 1.16 bits per heavy atom. The first-order chi connectivity index (χ1) is 11.8. The van der Waals surface area contributed by atoms with Crippen molar-refractivity contribution in [3.8, 4) is 0 Å². The Labute approximate surface area is 153 Å². The second-order valence-corrected chi connectivity index (χ2v) is 8.96. The lowest BCUT2D eigenvalue weighted by molar-refractivity contribution is 0.606. The monoisotopic (exact) mass is 377 g/mol. The number of sulfonamides is 1.